The predicted octanol–water partition coefficient (Wildman–Crippen LogP) is 3.61. The highest BCUT2D eigenvalue weighted by atomic mass is 32.1. The Hall–Kier alpha value is -2.44. The number of carbonyl (C=O) groups is 1. The maximum absolute atomic E-state index is 12.1. The van der Waals surface area contributed by atoms with E-state index in [4.69, 9.17) is 15.5 Å². The number of carbonyl (C=O) groups excluding carboxylic acids is 1. The Balaban J connectivity index is 1.62. The number of thiophene rings is 1. The van der Waals surface area contributed by atoms with Crippen LogP contribution in [-0.2, 0) is 24.2 Å². The van der Waals surface area contributed by atoms with E-state index in [-0.39, 0.29) is 5.97 Å². The molecular weight excluding hydrogens is 346 g/mol. The van der Waals surface area contributed by atoms with Crippen LogP contribution in [-0.4, -0.2) is 29.0 Å². The number of rotatable bonds is 4. The number of ether oxygens (including phenoxy) is 1. The molecule has 0 amide bonds. The standard InChI is InChI=1S/C20H21N3O2S/c1-2-25-20(24)18-17(21)15-10-14-12-23(11-13-6-4-3-5-7-13)9-8-16(14)22-19(15)26-18/h3-7,10H,2,8-9,11-12,21H2,1H3. The summed E-state index contributed by atoms with van der Waals surface area (Å²) in [5.74, 6) is -0.364. The maximum atomic E-state index is 12.1. The molecule has 0 saturated carbocycles. The molecule has 0 spiro atoms. The minimum Gasteiger partial charge on any atom is -0.462 e. The molecule has 0 radical (unpaired) electrons. The van der Waals surface area contributed by atoms with Crippen LogP contribution in [0.4, 0.5) is 5.69 Å². The molecule has 0 saturated heterocycles. The third-order valence-electron chi connectivity index (χ3n) is 4.66. The van der Waals surface area contributed by atoms with Gasteiger partial charge in [0, 0.05) is 37.1 Å². The summed E-state index contributed by atoms with van der Waals surface area (Å²) in [5.41, 5.74) is 10.3. The lowest BCUT2D eigenvalue weighted by Gasteiger charge is -2.28. The van der Waals surface area contributed by atoms with Crippen molar-refractivity contribution in [2.24, 2.45) is 0 Å². The van der Waals surface area contributed by atoms with Crippen molar-refractivity contribution in [3.05, 3.63) is 58.1 Å². The second kappa shape index (κ2) is 7.05. The summed E-state index contributed by atoms with van der Waals surface area (Å²) in [6.07, 6.45) is 0.907. The maximum Gasteiger partial charge on any atom is 0.350 e. The first kappa shape index (κ1) is 17.0. The summed E-state index contributed by atoms with van der Waals surface area (Å²) in [5, 5.41) is 0.860. The molecule has 1 aromatic carbocycles. The Kier molecular flexibility index (Phi) is 4.61. The second-order valence-electron chi connectivity index (χ2n) is 6.46. The molecule has 5 nitrogen and oxygen atoms in total. The van der Waals surface area contributed by atoms with E-state index in [0.29, 0.717) is 17.2 Å². The third kappa shape index (κ3) is 3.18. The molecule has 4 rings (SSSR count). The number of nitrogens with two attached hydrogens (primary N) is 1. The van der Waals surface area contributed by atoms with Gasteiger partial charge in [-0.15, -0.1) is 11.3 Å². The Bertz CT molecular complexity index is 953. The molecule has 2 N–H and O–H groups in total. The van der Waals surface area contributed by atoms with E-state index >= 15 is 0 Å². The van der Waals surface area contributed by atoms with E-state index in [1.807, 2.05) is 6.07 Å². The van der Waals surface area contributed by atoms with E-state index in [0.717, 1.165) is 42.0 Å². The van der Waals surface area contributed by atoms with Gasteiger partial charge in [0.15, 0.2) is 0 Å². The SMILES string of the molecule is CCOC(=O)c1sc2nc3c(cc2c1N)CN(Cc1ccccc1)CC3. The minimum atomic E-state index is -0.364. The van der Waals surface area contributed by atoms with Gasteiger partial charge in [-0.05, 0) is 24.1 Å². The van der Waals surface area contributed by atoms with Crippen LogP contribution in [0.2, 0.25) is 0 Å². The van der Waals surface area contributed by atoms with Gasteiger partial charge in [0.1, 0.15) is 9.71 Å². The van der Waals surface area contributed by atoms with Crippen LogP contribution in [0, 0.1) is 0 Å². The zero-order chi connectivity index (χ0) is 18.1. The van der Waals surface area contributed by atoms with Crippen molar-refractivity contribution in [3.63, 3.8) is 0 Å². The third-order valence-corrected chi connectivity index (χ3v) is 5.75. The quantitative estimate of drug-likeness (QED) is 0.714. The topological polar surface area (TPSA) is 68.4 Å². The van der Waals surface area contributed by atoms with Crippen molar-refractivity contribution in [1.29, 1.82) is 0 Å². The molecule has 134 valence electrons. The molecule has 0 atom stereocenters. The minimum absolute atomic E-state index is 0.338. The molecular formula is C20H21N3O2S. The smallest absolute Gasteiger partial charge is 0.350 e. The summed E-state index contributed by atoms with van der Waals surface area (Å²) in [6, 6.07) is 12.6. The molecule has 1 aliphatic heterocycles. The number of pyridine rings is 1. The number of benzene rings is 1. The lowest BCUT2D eigenvalue weighted by atomic mass is 10.0. The number of fused-ring (bicyclic) bond motifs is 2. The van der Waals surface area contributed by atoms with Gasteiger partial charge in [-0.1, -0.05) is 30.3 Å². The van der Waals surface area contributed by atoms with Gasteiger partial charge in [0.25, 0.3) is 0 Å². The van der Waals surface area contributed by atoms with Crippen LogP contribution in [0.1, 0.15) is 33.4 Å². The first-order valence-corrected chi connectivity index (χ1v) is 9.61. The molecule has 3 heterocycles. The highest BCUT2D eigenvalue weighted by molar-refractivity contribution is 7.21. The predicted molar refractivity (Wildman–Crippen MR) is 104 cm³/mol. The number of hydrogen-bond donors (Lipinski definition) is 1. The lowest BCUT2D eigenvalue weighted by Crippen LogP contribution is -2.30. The fraction of sp³-hybridized carbons (Fsp3) is 0.300. The molecule has 0 fully saturated rings. The molecule has 6 heteroatoms. The molecule has 3 aromatic rings. The largest absolute Gasteiger partial charge is 0.462 e. The summed E-state index contributed by atoms with van der Waals surface area (Å²) in [7, 11) is 0. The average Bonchev–Trinajstić information content (AvgIpc) is 2.97. The van der Waals surface area contributed by atoms with Crippen LogP contribution in [0.5, 0.6) is 0 Å². The number of esters is 1. The molecule has 0 bridgehead atoms. The number of anilines is 1. The van der Waals surface area contributed by atoms with E-state index in [2.05, 4.69) is 35.2 Å². The highest BCUT2D eigenvalue weighted by Gasteiger charge is 2.23. The van der Waals surface area contributed by atoms with Crippen molar-refractivity contribution >= 4 is 33.2 Å². The Labute approximate surface area is 156 Å². The van der Waals surface area contributed by atoms with Crippen LogP contribution < -0.4 is 5.73 Å². The van der Waals surface area contributed by atoms with Crippen molar-refractivity contribution < 1.29 is 9.53 Å². The number of nitrogens with zero attached hydrogens (tertiary/aromatic N) is 2. The Morgan fingerprint density at radius 2 is 2.15 bits per heavy atom. The van der Waals surface area contributed by atoms with Crippen LogP contribution in [0.15, 0.2) is 36.4 Å². The van der Waals surface area contributed by atoms with Crippen LogP contribution >= 0.6 is 11.3 Å². The first-order valence-electron chi connectivity index (χ1n) is 8.80. The zero-order valence-corrected chi connectivity index (χ0v) is 15.5. The van der Waals surface area contributed by atoms with Crippen molar-refractivity contribution in [2.75, 3.05) is 18.9 Å². The lowest BCUT2D eigenvalue weighted by molar-refractivity contribution is 0.0533. The Morgan fingerprint density at radius 1 is 1.35 bits per heavy atom. The van der Waals surface area contributed by atoms with Gasteiger partial charge >= 0.3 is 5.97 Å². The molecule has 0 unspecified atom stereocenters. The molecule has 26 heavy (non-hydrogen) atoms. The van der Waals surface area contributed by atoms with Gasteiger partial charge < -0.3 is 10.5 Å². The van der Waals surface area contributed by atoms with E-state index in [1.165, 1.54) is 22.5 Å². The van der Waals surface area contributed by atoms with Gasteiger partial charge in [0.2, 0.25) is 0 Å². The van der Waals surface area contributed by atoms with Gasteiger partial charge in [-0.2, -0.15) is 0 Å². The zero-order valence-electron chi connectivity index (χ0n) is 14.7. The van der Waals surface area contributed by atoms with Gasteiger partial charge in [-0.25, -0.2) is 9.78 Å². The summed E-state index contributed by atoms with van der Waals surface area (Å²) in [4.78, 5) is 20.6. The number of nitrogen functional groups attached to an aromatic ring is 1. The van der Waals surface area contributed by atoms with E-state index in [1.54, 1.807) is 6.92 Å². The van der Waals surface area contributed by atoms with Crippen molar-refractivity contribution in [3.8, 4) is 0 Å². The second-order valence-corrected chi connectivity index (χ2v) is 7.46. The van der Waals surface area contributed by atoms with Crippen LogP contribution in [0.3, 0.4) is 0 Å². The highest BCUT2D eigenvalue weighted by Crippen LogP contribution is 2.35. The summed E-state index contributed by atoms with van der Waals surface area (Å²) < 4.78 is 5.10. The summed E-state index contributed by atoms with van der Waals surface area (Å²) >= 11 is 1.32. The van der Waals surface area contributed by atoms with Gasteiger partial charge in [0.05, 0.1) is 12.3 Å². The van der Waals surface area contributed by atoms with Crippen LogP contribution in [0.25, 0.3) is 10.2 Å². The molecule has 1 aliphatic rings. The summed E-state index contributed by atoms with van der Waals surface area (Å²) in [6.45, 7) is 4.87. The van der Waals surface area contributed by atoms with E-state index < -0.39 is 0 Å². The van der Waals surface area contributed by atoms with Crippen molar-refractivity contribution in [1.82, 2.24) is 9.88 Å². The van der Waals surface area contributed by atoms with E-state index in [9.17, 15) is 4.79 Å². The Morgan fingerprint density at radius 3 is 2.92 bits per heavy atom. The number of hydrogen-bond acceptors (Lipinski definition) is 6. The monoisotopic (exact) mass is 367 g/mol. The molecule has 2 aromatic heterocycles. The number of aromatic nitrogens is 1. The fourth-order valence-corrected chi connectivity index (χ4v) is 4.37. The average molecular weight is 367 g/mol. The normalized spacial score (nSPS) is 14.3. The molecule has 0 aliphatic carbocycles. The van der Waals surface area contributed by atoms with Crippen molar-refractivity contribution in [2.45, 2.75) is 26.4 Å². The fourth-order valence-electron chi connectivity index (χ4n) is 3.38. The first-order chi connectivity index (χ1) is 12.7. The van der Waals surface area contributed by atoms with Gasteiger partial charge in [-0.3, -0.25) is 4.90 Å².